The summed E-state index contributed by atoms with van der Waals surface area (Å²) in [5.41, 5.74) is 1.27. The average Bonchev–Trinajstić information content (AvgIpc) is 2.99. The molecule has 2 heterocycles. The Balaban J connectivity index is 1.89. The summed E-state index contributed by atoms with van der Waals surface area (Å²) in [4.78, 5) is 24.1. The first-order valence-electron chi connectivity index (χ1n) is 7.76. The van der Waals surface area contributed by atoms with E-state index in [4.69, 9.17) is 18.4 Å². The van der Waals surface area contributed by atoms with E-state index in [0.29, 0.717) is 45.7 Å². The smallest absolute Gasteiger partial charge is 0.344 e. The minimum atomic E-state index is -0.537. The SMILES string of the molecule is CCc1noc(C)c1C(=O)OCc1cc(=O)oc2cc(OC)ccc12. The van der Waals surface area contributed by atoms with Gasteiger partial charge in [0.05, 0.1) is 12.8 Å². The zero-order valence-corrected chi connectivity index (χ0v) is 14.1. The third-order valence-electron chi connectivity index (χ3n) is 3.87. The third kappa shape index (κ3) is 3.26. The van der Waals surface area contributed by atoms with E-state index in [1.165, 1.54) is 13.2 Å². The normalized spacial score (nSPS) is 10.8. The summed E-state index contributed by atoms with van der Waals surface area (Å²) in [5.74, 6) is 0.437. The van der Waals surface area contributed by atoms with Gasteiger partial charge in [0.1, 0.15) is 29.3 Å². The molecular weight excluding hydrogens is 326 g/mol. The van der Waals surface area contributed by atoms with Crippen molar-refractivity contribution in [3.05, 3.63) is 57.3 Å². The maximum atomic E-state index is 12.4. The van der Waals surface area contributed by atoms with Crippen molar-refractivity contribution in [2.75, 3.05) is 7.11 Å². The number of benzene rings is 1. The van der Waals surface area contributed by atoms with Crippen molar-refractivity contribution in [1.82, 2.24) is 5.16 Å². The van der Waals surface area contributed by atoms with Crippen LogP contribution in [0.4, 0.5) is 0 Å². The topological polar surface area (TPSA) is 91.8 Å². The number of carbonyl (C=O) groups excluding carboxylic acids is 1. The minimum Gasteiger partial charge on any atom is -0.497 e. The maximum Gasteiger partial charge on any atom is 0.344 e. The fourth-order valence-corrected chi connectivity index (χ4v) is 2.59. The molecule has 7 heteroatoms. The fourth-order valence-electron chi connectivity index (χ4n) is 2.59. The van der Waals surface area contributed by atoms with E-state index >= 15 is 0 Å². The molecule has 1 aromatic carbocycles. The maximum absolute atomic E-state index is 12.4. The van der Waals surface area contributed by atoms with Crippen molar-refractivity contribution in [2.24, 2.45) is 0 Å². The van der Waals surface area contributed by atoms with E-state index in [2.05, 4.69) is 5.16 Å². The Bertz CT molecular complexity index is 985. The van der Waals surface area contributed by atoms with Crippen LogP contribution < -0.4 is 10.4 Å². The van der Waals surface area contributed by atoms with Crippen LogP contribution in [0.3, 0.4) is 0 Å². The van der Waals surface area contributed by atoms with Crippen molar-refractivity contribution in [3.8, 4) is 5.75 Å². The van der Waals surface area contributed by atoms with Crippen LogP contribution in [0.5, 0.6) is 5.75 Å². The van der Waals surface area contributed by atoms with Gasteiger partial charge in [-0.15, -0.1) is 0 Å². The summed E-state index contributed by atoms with van der Waals surface area (Å²) >= 11 is 0. The molecule has 0 saturated carbocycles. The predicted octanol–water partition coefficient (Wildman–Crippen LogP) is 3.02. The Morgan fingerprint density at radius 3 is 2.80 bits per heavy atom. The molecule has 0 unspecified atom stereocenters. The van der Waals surface area contributed by atoms with Gasteiger partial charge in [0.25, 0.3) is 0 Å². The molecule has 0 fully saturated rings. The molecule has 25 heavy (non-hydrogen) atoms. The zero-order valence-electron chi connectivity index (χ0n) is 14.1. The Morgan fingerprint density at radius 1 is 1.28 bits per heavy atom. The number of fused-ring (bicyclic) bond motifs is 1. The van der Waals surface area contributed by atoms with E-state index in [9.17, 15) is 9.59 Å². The Morgan fingerprint density at radius 2 is 2.08 bits per heavy atom. The van der Waals surface area contributed by atoms with Gasteiger partial charge in [-0.05, 0) is 25.5 Å². The lowest BCUT2D eigenvalue weighted by molar-refractivity contribution is 0.0470. The number of aromatic nitrogens is 1. The number of carbonyl (C=O) groups is 1. The van der Waals surface area contributed by atoms with Crippen molar-refractivity contribution in [1.29, 1.82) is 0 Å². The molecule has 0 saturated heterocycles. The van der Waals surface area contributed by atoms with Gasteiger partial charge in [0.15, 0.2) is 0 Å². The second kappa shape index (κ2) is 6.80. The van der Waals surface area contributed by atoms with E-state index < -0.39 is 11.6 Å². The molecule has 7 nitrogen and oxygen atoms in total. The van der Waals surface area contributed by atoms with E-state index in [1.54, 1.807) is 25.1 Å². The van der Waals surface area contributed by atoms with Crippen LogP contribution in [0.2, 0.25) is 0 Å². The molecule has 3 aromatic rings. The molecule has 3 rings (SSSR count). The first kappa shape index (κ1) is 16.8. The van der Waals surface area contributed by atoms with Gasteiger partial charge >= 0.3 is 11.6 Å². The van der Waals surface area contributed by atoms with E-state index in [1.807, 2.05) is 6.92 Å². The number of rotatable bonds is 5. The molecule has 0 N–H and O–H groups in total. The monoisotopic (exact) mass is 343 g/mol. The van der Waals surface area contributed by atoms with E-state index in [-0.39, 0.29) is 6.61 Å². The lowest BCUT2D eigenvalue weighted by Gasteiger charge is -2.08. The van der Waals surface area contributed by atoms with Gasteiger partial charge in [-0.25, -0.2) is 9.59 Å². The molecule has 0 spiro atoms. The van der Waals surface area contributed by atoms with Crippen LogP contribution in [-0.2, 0) is 17.8 Å². The lowest BCUT2D eigenvalue weighted by Crippen LogP contribution is -2.10. The highest BCUT2D eigenvalue weighted by atomic mass is 16.5. The third-order valence-corrected chi connectivity index (χ3v) is 3.87. The van der Waals surface area contributed by atoms with Crippen LogP contribution in [0, 0.1) is 6.92 Å². The van der Waals surface area contributed by atoms with E-state index in [0.717, 1.165) is 0 Å². The van der Waals surface area contributed by atoms with Gasteiger partial charge in [0.2, 0.25) is 0 Å². The molecule has 0 aliphatic carbocycles. The Hall–Kier alpha value is -3.09. The van der Waals surface area contributed by atoms with Crippen LogP contribution in [0.15, 0.2) is 38.0 Å². The second-order valence-corrected chi connectivity index (χ2v) is 5.44. The number of ether oxygens (including phenoxy) is 2. The van der Waals surface area contributed by atoms with Crippen molar-refractivity contribution < 1.29 is 23.2 Å². The number of hydrogen-bond donors (Lipinski definition) is 0. The van der Waals surface area contributed by atoms with Crippen LogP contribution >= 0.6 is 0 Å². The fraction of sp³-hybridized carbons (Fsp3) is 0.278. The largest absolute Gasteiger partial charge is 0.497 e. The summed E-state index contributed by atoms with van der Waals surface area (Å²) in [7, 11) is 1.53. The molecule has 0 amide bonds. The van der Waals surface area contributed by atoms with Crippen LogP contribution in [0.1, 0.15) is 34.3 Å². The van der Waals surface area contributed by atoms with Crippen molar-refractivity contribution in [2.45, 2.75) is 26.9 Å². The average molecular weight is 343 g/mol. The summed E-state index contributed by atoms with van der Waals surface area (Å²) in [5, 5.41) is 4.51. The first-order chi connectivity index (χ1) is 12.0. The highest BCUT2D eigenvalue weighted by Gasteiger charge is 2.21. The standard InChI is InChI=1S/C18H17NO6/c1-4-14-17(10(2)25-19-14)18(21)23-9-11-7-16(20)24-15-8-12(22-3)5-6-13(11)15/h5-8H,4,9H2,1-3H3. The quantitative estimate of drug-likeness (QED) is 0.519. The number of hydrogen-bond acceptors (Lipinski definition) is 7. The van der Waals surface area contributed by atoms with Gasteiger partial charge in [0, 0.05) is 23.1 Å². The van der Waals surface area contributed by atoms with Crippen molar-refractivity contribution in [3.63, 3.8) is 0 Å². The van der Waals surface area contributed by atoms with Crippen LogP contribution in [-0.4, -0.2) is 18.2 Å². The Kier molecular flexibility index (Phi) is 4.56. The summed E-state index contributed by atoms with van der Waals surface area (Å²) < 4.78 is 20.7. The molecule has 0 aliphatic heterocycles. The highest BCUT2D eigenvalue weighted by Crippen LogP contribution is 2.23. The van der Waals surface area contributed by atoms with Crippen LogP contribution in [0.25, 0.3) is 11.0 Å². The van der Waals surface area contributed by atoms with Gasteiger partial charge in [-0.1, -0.05) is 12.1 Å². The molecule has 0 radical (unpaired) electrons. The minimum absolute atomic E-state index is 0.0684. The number of esters is 1. The summed E-state index contributed by atoms with van der Waals surface area (Å²) in [6, 6.07) is 6.42. The lowest BCUT2D eigenvalue weighted by atomic mass is 10.1. The predicted molar refractivity (Wildman–Crippen MR) is 88.8 cm³/mol. The van der Waals surface area contributed by atoms with Gasteiger partial charge < -0.3 is 18.4 Å². The Labute approximate surface area is 143 Å². The van der Waals surface area contributed by atoms with Gasteiger partial charge in [-0.2, -0.15) is 0 Å². The number of nitrogens with zero attached hydrogens (tertiary/aromatic N) is 1. The molecule has 0 bridgehead atoms. The number of aryl methyl sites for hydroxylation is 2. The summed E-state index contributed by atoms with van der Waals surface area (Å²) in [6.07, 6.45) is 0.555. The molecule has 2 aromatic heterocycles. The van der Waals surface area contributed by atoms with Gasteiger partial charge in [-0.3, -0.25) is 0 Å². The highest BCUT2D eigenvalue weighted by molar-refractivity contribution is 5.91. The molecular formula is C18H17NO6. The van der Waals surface area contributed by atoms with Crippen molar-refractivity contribution >= 4 is 16.9 Å². The second-order valence-electron chi connectivity index (χ2n) is 5.44. The number of methoxy groups -OCH3 is 1. The molecule has 130 valence electrons. The summed E-state index contributed by atoms with van der Waals surface area (Å²) in [6.45, 7) is 3.46. The molecule has 0 aliphatic rings. The molecule has 0 atom stereocenters. The zero-order chi connectivity index (χ0) is 18.0. The first-order valence-corrected chi connectivity index (χ1v) is 7.76.